The minimum atomic E-state index is -0.360. The summed E-state index contributed by atoms with van der Waals surface area (Å²) < 4.78 is 0. The van der Waals surface area contributed by atoms with E-state index in [1.54, 1.807) is 0 Å². The lowest BCUT2D eigenvalue weighted by molar-refractivity contribution is 0.213. The van der Waals surface area contributed by atoms with Gasteiger partial charge in [0.15, 0.2) is 0 Å². The van der Waals surface area contributed by atoms with Crippen molar-refractivity contribution in [3.05, 3.63) is 0 Å². The van der Waals surface area contributed by atoms with Crippen molar-refractivity contribution in [2.24, 2.45) is 11.8 Å². The van der Waals surface area contributed by atoms with E-state index in [1.165, 1.54) is 19.5 Å². The number of hydrogen-bond donors (Lipinski definition) is 1. The second-order valence-corrected chi connectivity index (χ2v) is 6.70. The zero-order chi connectivity index (χ0) is 14.9. The van der Waals surface area contributed by atoms with Crippen molar-refractivity contribution >= 4 is 0 Å². The van der Waals surface area contributed by atoms with E-state index < -0.39 is 0 Å². The highest BCUT2D eigenvalue weighted by Crippen LogP contribution is 2.13. The molecular formula is C16H33N3. The zero-order valence-electron chi connectivity index (χ0n) is 13.8. The van der Waals surface area contributed by atoms with Crippen molar-refractivity contribution in [1.82, 2.24) is 10.2 Å². The van der Waals surface area contributed by atoms with Crippen LogP contribution in [0.25, 0.3) is 0 Å². The Bertz CT molecular complexity index is 258. The molecule has 3 nitrogen and oxygen atoms in total. The van der Waals surface area contributed by atoms with Crippen molar-refractivity contribution < 1.29 is 0 Å². The van der Waals surface area contributed by atoms with Gasteiger partial charge < -0.3 is 10.2 Å². The Morgan fingerprint density at radius 2 is 1.63 bits per heavy atom. The third kappa shape index (κ3) is 9.02. The molecule has 0 spiro atoms. The Kier molecular flexibility index (Phi) is 9.05. The van der Waals surface area contributed by atoms with E-state index in [1.807, 2.05) is 14.0 Å². The maximum absolute atomic E-state index is 9.11. The van der Waals surface area contributed by atoms with Crippen LogP contribution in [0.3, 0.4) is 0 Å². The Hall–Kier alpha value is -0.590. The standard InChI is InChI=1S/C16H33N3/c1-14(2)11-19(12-15(3)4)10-8-7-9-16(5,13-17)18-6/h14-15,18H,7-12H2,1-6H3. The van der Waals surface area contributed by atoms with Crippen molar-refractivity contribution in [2.45, 2.75) is 59.4 Å². The van der Waals surface area contributed by atoms with Crippen LogP contribution in [0, 0.1) is 23.2 Å². The lowest BCUT2D eigenvalue weighted by atomic mass is 9.97. The first-order valence-electron chi connectivity index (χ1n) is 7.65. The minimum Gasteiger partial charge on any atom is -0.303 e. The molecule has 0 saturated heterocycles. The van der Waals surface area contributed by atoms with Gasteiger partial charge in [0.25, 0.3) is 0 Å². The molecule has 0 aliphatic rings. The fourth-order valence-corrected chi connectivity index (χ4v) is 2.34. The van der Waals surface area contributed by atoms with Crippen LogP contribution in [0.2, 0.25) is 0 Å². The van der Waals surface area contributed by atoms with Crippen LogP contribution < -0.4 is 5.32 Å². The lowest BCUT2D eigenvalue weighted by Gasteiger charge is -2.27. The Balaban J connectivity index is 4.02. The third-order valence-corrected chi connectivity index (χ3v) is 3.45. The van der Waals surface area contributed by atoms with Gasteiger partial charge in [-0.2, -0.15) is 5.26 Å². The number of rotatable bonds is 10. The first-order chi connectivity index (χ1) is 8.83. The molecular weight excluding hydrogens is 234 g/mol. The second-order valence-electron chi connectivity index (χ2n) is 6.70. The van der Waals surface area contributed by atoms with Crippen LogP contribution in [0.15, 0.2) is 0 Å². The molecule has 19 heavy (non-hydrogen) atoms. The monoisotopic (exact) mass is 267 g/mol. The van der Waals surface area contributed by atoms with Crippen molar-refractivity contribution in [1.29, 1.82) is 5.26 Å². The molecule has 1 atom stereocenters. The normalized spacial score (nSPS) is 14.9. The summed E-state index contributed by atoms with van der Waals surface area (Å²) in [6.07, 6.45) is 3.22. The Labute approximate surface area is 120 Å². The van der Waals surface area contributed by atoms with Gasteiger partial charge in [0.2, 0.25) is 0 Å². The first kappa shape index (κ1) is 18.4. The molecule has 1 unspecified atom stereocenters. The van der Waals surface area contributed by atoms with Crippen molar-refractivity contribution in [3.63, 3.8) is 0 Å². The summed E-state index contributed by atoms with van der Waals surface area (Å²) in [4.78, 5) is 2.57. The highest BCUT2D eigenvalue weighted by molar-refractivity contribution is 5.02. The number of hydrogen-bond acceptors (Lipinski definition) is 3. The summed E-state index contributed by atoms with van der Waals surface area (Å²) in [5, 5.41) is 12.2. The van der Waals surface area contributed by atoms with E-state index in [9.17, 15) is 0 Å². The van der Waals surface area contributed by atoms with Crippen LogP contribution in [-0.2, 0) is 0 Å². The molecule has 0 aliphatic carbocycles. The Morgan fingerprint density at radius 1 is 1.11 bits per heavy atom. The first-order valence-corrected chi connectivity index (χ1v) is 7.65. The van der Waals surface area contributed by atoms with E-state index in [0.717, 1.165) is 31.2 Å². The van der Waals surface area contributed by atoms with Gasteiger partial charge in [-0.1, -0.05) is 27.7 Å². The average molecular weight is 267 g/mol. The van der Waals surface area contributed by atoms with E-state index in [2.05, 4.69) is 44.0 Å². The number of nitriles is 1. The maximum atomic E-state index is 9.11. The van der Waals surface area contributed by atoms with Gasteiger partial charge in [0.1, 0.15) is 5.54 Å². The molecule has 0 aromatic rings. The van der Waals surface area contributed by atoms with Crippen LogP contribution in [-0.4, -0.2) is 37.1 Å². The molecule has 0 radical (unpaired) electrons. The van der Waals surface area contributed by atoms with Gasteiger partial charge >= 0.3 is 0 Å². The molecule has 3 heteroatoms. The van der Waals surface area contributed by atoms with Crippen LogP contribution in [0.4, 0.5) is 0 Å². The molecule has 0 aromatic heterocycles. The molecule has 0 saturated carbocycles. The fourth-order valence-electron chi connectivity index (χ4n) is 2.34. The summed E-state index contributed by atoms with van der Waals surface area (Å²) >= 11 is 0. The summed E-state index contributed by atoms with van der Waals surface area (Å²) in [7, 11) is 1.87. The van der Waals surface area contributed by atoms with Crippen LogP contribution in [0.5, 0.6) is 0 Å². The topological polar surface area (TPSA) is 39.1 Å². The molecule has 0 aromatic carbocycles. The molecule has 0 amide bonds. The molecule has 0 bridgehead atoms. The lowest BCUT2D eigenvalue weighted by Crippen LogP contribution is -2.38. The zero-order valence-corrected chi connectivity index (χ0v) is 13.8. The van der Waals surface area contributed by atoms with Gasteiger partial charge in [-0.15, -0.1) is 0 Å². The average Bonchev–Trinajstić information content (AvgIpc) is 2.32. The van der Waals surface area contributed by atoms with Crippen molar-refractivity contribution in [3.8, 4) is 6.07 Å². The highest BCUT2D eigenvalue weighted by Gasteiger charge is 2.20. The third-order valence-electron chi connectivity index (χ3n) is 3.45. The largest absolute Gasteiger partial charge is 0.303 e. The summed E-state index contributed by atoms with van der Waals surface area (Å²) in [6.45, 7) is 14.6. The van der Waals surface area contributed by atoms with Gasteiger partial charge in [0.05, 0.1) is 6.07 Å². The summed E-state index contributed by atoms with van der Waals surface area (Å²) in [5.41, 5.74) is -0.360. The Morgan fingerprint density at radius 3 is 2.00 bits per heavy atom. The van der Waals surface area contributed by atoms with Crippen LogP contribution >= 0.6 is 0 Å². The van der Waals surface area contributed by atoms with E-state index in [-0.39, 0.29) is 5.54 Å². The predicted molar refractivity (Wildman–Crippen MR) is 83.0 cm³/mol. The fraction of sp³-hybridized carbons (Fsp3) is 0.938. The predicted octanol–water partition coefficient (Wildman–Crippen LogP) is 3.27. The highest BCUT2D eigenvalue weighted by atomic mass is 15.1. The van der Waals surface area contributed by atoms with E-state index in [4.69, 9.17) is 5.26 Å². The van der Waals surface area contributed by atoms with E-state index in [0.29, 0.717) is 0 Å². The molecule has 0 aliphatic heterocycles. The smallest absolute Gasteiger partial charge is 0.103 e. The second kappa shape index (κ2) is 9.34. The maximum Gasteiger partial charge on any atom is 0.103 e. The van der Waals surface area contributed by atoms with Gasteiger partial charge in [0, 0.05) is 13.1 Å². The van der Waals surface area contributed by atoms with Gasteiger partial charge in [-0.05, 0) is 51.6 Å². The van der Waals surface area contributed by atoms with E-state index >= 15 is 0 Å². The number of unbranched alkanes of at least 4 members (excludes halogenated alkanes) is 1. The van der Waals surface area contributed by atoms with Crippen molar-refractivity contribution in [2.75, 3.05) is 26.7 Å². The quantitative estimate of drug-likeness (QED) is 0.617. The molecule has 1 N–H and O–H groups in total. The van der Waals surface area contributed by atoms with Gasteiger partial charge in [-0.3, -0.25) is 0 Å². The van der Waals surface area contributed by atoms with Crippen LogP contribution in [0.1, 0.15) is 53.9 Å². The summed E-state index contributed by atoms with van der Waals surface area (Å²) in [5.74, 6) is 1.45. The number of nitrogens with one attached hydrogen (secondary N) is 1. The molecule has 112 valence electrons. The molecule has 0 heterocycles. The SMILES string of the molecule is CNC(C)(C#N)CCCCN(CC(C)C)CC(C)C. The van der Waals surface area contributed by atoms with Gasteiger partial charge in [-0.25, -0.2) is 0 Å². The summed E-state index contributed by atoms with van der Waals surface area (Å²) in [6, 6.07) is 2.36. The molecule has 0 rings (SSSR count). The minimum absolute atomic E-state index is 0.360. The molecule has 0 fully saturated rings. The number of nitrogens with zero attached hydrogens (tertiary/aromatic N) is 2.